The quantitative estimate of drug-likeness (QED) is 0.151. The van der Waals surface area contributed by atoms with Crippen LogP contribution in [-0.2, 0) is 13.0 Å². The molecule has 1 heterocycles. The first-order valence-electron chi connectivity index (χ1n) is 13.4. The van der Waals surface area contributed by atoms with Gasteiger partial charge in [-0.25, -0.2) is 4.79 Å². The molecule has 1 N–H and O–H groups in total. The number of benzene rings is 5. The van der Waals surface area contributed by atoms with E-state index in [1.807, 2.05) is 77.4 Å². The van der Waals surface area contributed by atoms with Crippen LogP contribution in [0.3, 0.4) is 0 Å². The van der Waals surface area contributed by atoms with Crippen LogP contribution in [0.5, 0.6) is 11.6 Å². The predicted molar refractivity (Wildman–Crippen MR) is 159 cm³/mol. The molecule has 1 aromatic heterocycles. The van der Waals surface area contributed by atoms with Crippen LogP contribution in [0.25, 0.3) is 32.8 Å². The number of rotatable bonds is 9. The Hall–Kier alpha value is -5.03. The Labute approximate surface area is 232 Å². The van der Waals surface area contributed by atoms with Crippen molar-refractivity contribution in [2.45, 2.75) is 19.4 Å². The monoisotopic (exact) mass is 527 g/mol. The predicted octanol–water partition coefficient (Wildman–Crippen LogP) is 8.58. The summed E-state index contributed by atoms with van der Waals surface area (Å²) in [5, 5.41) is 12.9. The van der Waals surface area contributed by atoms with E-state index in [1.165, 1.54) is 0 Å². The zero-order chi connectivity index (χ0) is 27.3. The first kappa shape index (κ1) is 25.3. The summed E-state index contributed by atoms with van der Waals surface area (Å²) in [6.45, 7) is 0.982. The zero-order valence-corrected chi connectivity index (χ0v) is 22.0. The van der Waals surface area contributed by atoms with Crippen LogP contribution >= 0.6 is 0 Å². The van der Waals surface area contributed by atoms with Crippen LogP contribution in [0.2, 0.25) is 0 Å². The molecule has 0 aliphatic heterocycles. The molecule has 5 nitrogen and oxygen atoms in total. The van der Waals surface area contributed by atoms with Gasteiger partial charge in [-0.2, -0.15) is 0 Å². The number of hydrogen-bond acceptors (Lipinski definition) is 3. The van der Waals surface area contributed by atoms with Crippen molar-refractivity contribution in [3.63, 3.8) is 0 Å². The molecular formula is C35H29NO4. The molecule has 0 saturated carbocycles. The molecule has 0 bridgehead atoms. The molecule has 0 fully saturated rings. The maximum absolute atomic E-state index is 11.8. The number of nitrogens with zero attached hydrogens (tertiary/aromatic N) is 1. The average molecular weight is 528 g/mol. The fourth-order valence-electron chi connectivity index (χ4n) is 5.36. The highest BCUT2D eigenvalue weighted by atomic mass is 16.7. The molecule has 0 saturated heterocycles. The Balaban J connectivity index is 1.28. The van der Waals surface area contributed by atoms with E-state index in [0.29, 0.717) is 31.9 Å². The van der Waals surface area contributed by atoms with Gasteiger partial charge >= 0.3 is 6.16 Å². The van der Waals surface area contributed by atoms with Crippen molar-refractivity contribution in [3.8, 4) is 22.8 Å². The summed E-state index contributed by atoms with van der Waals surface area (Å²) in [5.74, 6) is 1.21. The molecule has 0 spiro atoms. The number of hydrogen-bond donors (Lipinski definition) is 1. The van der Waals surface area contributed by atoms with Gasteiger partial charge in [0, 0.05) is 16.3 Å². The number of ether oxygens (including phenoxy) is 2. The van der Waals surface area contributed by atoms with Crippen molar-refractivity contribution in [1.29, 1.82) is 0 Å². The number of fused-ring (bicyclic) bond motifs is 2. The van der Waals surface area contributed by atoms with E-state index >= 15 is 0 Å². The molecule has 40 heavy (non-hydrogen) atoms. The van der Waals surface area contributed by atoms with Gasteiger partial charge in [0.2, 0.25) is 5.88 Å². The number of aromatic nitrogens is 1. The third-order valence-corrected chi connectivity index (χ3v) is 7.16. The summed E-state index contributed by atoms with van der Waals surface area (Å²) in [6, 6.07) is 40.7. The average Bonchev–Trinajstić information content (AvgIpc) is 3.27. The molecule has 6 rings (SSSR count). The first-order chi connectivity index (χ1) is 19.7. The highest BCUT2D eigenvalue weighted by molar-refractivity contribution is 5.89. The topological polar surface area (TPSA) is 60.7 Å². The van der Waals surface area contributed by atoms with E-state index in [2.05, 4.69) is 48.5 Å². The van der Waals surface area contributed by atoms with Gasteiger partial charge in [-0.3, -0.25) is 0 Å². The Morgan fingerprint density at radius 1 is 0.725 bits per heavy atom. The van der Waals surface area contributed by atoms with Crippen molar-refractivity contribution in [3.05, 3.63) is 132 Å². The van der Waals surface area contributed by atoms with Gasteiger partial charge in [0.1, 0.15) is 5.75 Å². The second kappa shape index (κ2) is 11.4. The Bertz CT molecular complexity index is 1780. The van der Waals surface area contributed by atoms with Crippen molar-refractivity contribution in [2.24, 2.45) is 0 Å². The van der Waals surface area contributed by atoms with E-state index in [9.17, 15) is 9.90 Å². The third kappa shape index (κ3) is 5.27. The van der Waals surface area contributed by atoms with Crippen LogP contribution in [0.15, 0.2) is 121 Å². The van der Waals surface area contributed by atoms with Crippen LogP contribution in [-0.4, -0.2) is 22.4 Å². The van der Waals surface area contributed by atoms with Gasteiger partial charge in [-0.05, 0) is 53.1 Å². The number of para-hydroxylation sites is 1. The summed E-state index contributed by atoms with van der Waals surface area (Å²) in [4.78, 5) is 11.8. The second-order valence-electron chi connectivity index (χ2n) is 9.75. The number of carbonyl (C=O) groups is 1. The minimum atomic E-state index is -1.32. The van der Waals surface area contributed by atoms with Crippen LogP contribution < -0.4 is 9.47 Å². The SMILES string of the molecule is O=C(O)Oc1c(CCCOc2cccc3ccccc23)c2ccccc2n1Cc1cccc(-c2ccccc2)c1. The van der Waals surface area contributed by atoms with E-state index < -0.39 is 6.16 Å². The first-order valence-corrected chi connectivity index (χ1v) is 13.4. The Kier molecular flexibility index (Phi) is 7.18. The zero-order valence-electron chi connectivity index (χ0n) is 22.0. The van der Waals surface area contributed by atoms with Crippen LogP contribution in [0, 0.1) is 0 Å². The lowest BCUT2D eigenvalue weighted by molar-refractivity contribution is 0.140. The lowest BCUT2D eigenvalue weighted by atomic mass is 10.0. The van der Waals surface area contributed by atoms with Crippen molar-refractivity contribution in [1.82, 2.24) is 4.57 Å². The third-order valence-electron chi connectivity index (χ3n) is 7.16. The van der Waals surface area contributed by atoms with Gasteiger partial charge in [0.05, 0.1) is 18.7 Å². The summed E-state index contributed by atoms with van der Waals surface area (Å²) in [7, 11) is 0. The van der Waals surface area contributed by atoms with Gasteiger partial charge in [0.15, 0.2) is 0 Å². The number of aryl methyl sites for hydroxylation is 1. The van der Waals surface area contributed by atoms with Gasteiger partial charge in [0.25, 0.3) is 0 Å². The van der Waals surface area contributed by atoms with Crippen LogP contribution in [0.4, 0.5) is 4.79 Å². The van der Waals surface area contributed by atoms with E-state index in [4.69, 9.17) is 9.47 Å². The van der Waals surface area contributed by atoms with Gasteiger partial charge in [-0.1, -0.05) is 103 Å². The molecule has 6 aromatic rings. The molecule has 0 radical (unpaired) electrons. The molecule has 198 valence electrons. The Morgan fingerprint density at radius 2 is 1.43 bits per heavy atom. The highest BCUT2D eigenvalue weighted by Gasteiger charge is 2.21. The summed E-state index contributed by atoms with van der Waals surface area (Å²) < 4.78 is 13.6. The minimum absolute atomic E-state index is 0.365. The largest absolute Gasteiger partial charge is 0.512 e. The standard InChI is InChI=1S/C35H29NO4/c37-35(38)40-34-31(19-10-22-39-33-21-9-15-27-14-4-5-17-29(27)33)30-18-6-7-20-32(30)36(34)24-25-11-8-16-28(23-25)26-12-2-1-3-13-26/h1-9,11-18,20-21,23H,10,19,22,24H2,(H,37,38). The molecule has 0 unspecified atom stereocenters. The number of carboxylic acid groups (broad SMARTS) is 1. The highest BCUT2D eigenvalue weighted by Crippen LogP contribution is 2.35. The smallest absolute Gasteiger partial charge is 0.493 e. The fourth-order valence-corrected chi connectivity index (χ4v) is 5.36. The maximum Gasteiger partial charge on any atom is 0.512 e. The van der Waals surface area contributed by atoms with E-state index in [-0.39, 0.29) is 0 Å². The molecule has 0 atom stereocenters. The van der Waals surface area contributed by atoms with E-state index in [1.54, 1.807) is 0 Å². The van der Waals surface area contributed by atoms with Gasteiger partial charge < -0.3 is 19.1 Å². The van der Waals surface area contributed by atoms with E-state index in [0.717, 1.165) is 49.7 Å². The molecule has 0 amide bonds. The molecule has 5 heteroatoms. The van der Waals surface area contributed by atoms with Crippen molar-refractivity contribution >= 4 is 27.8 Å². The fraction of sp³-hybridized carbons (Fsp3) is 0.114. The summed E-state index contributed by atoms with van der Waals surface area (Å²) in [5.41, 5.74) is 5.12. The lowest BCUT2D eigenvalue weighted by Gasteiger charge is -2.13. The summed E-state index contributed by atoms with van der Waals surface area (Å²) >= 11 is 0. The van der Waals surface area contributed by atoms with Crippen molar-refractivity contribution < 1.29 is 19.4 Å². The second-order valence-corrected chi connectivity index (χ2v) is 9.75. The molecule has 0 aliphatic carbocycles. The minimum Gasteiger partial charge on any atom is -0.493 e. The molecule has 0 aliphatic rings. The van der Waals surface area contributed by atoms with Crippen LogP contribution in [0.1, 0.15) is 17.5 Å². The van der Waals surface area contributed by atoms with Crippen molar-refractivity contribution in [2.75, 3.05) is 6.61 Å². The Morgan fingerprint density at radius 3 is 2.27 bits per heavy atom. The molecular weight excluding hydrogens is 498 g/mol. The normalized spacial score (nSPS) is 11.1. The van der Waals surface area contributed by atoms with Gasteiger partial charge in [-0.15, -0.1) is 0 Å². The molecule has 5 aromatic carbocycles. The maximum atomic E-state index is 11.8. The summed E-state index contributed by atoms with van der Waals surface area (Å²) in [6.07, 6.45) is -0.00267. The lowest BCUT2D eigenvalue weighted by Crippen LogP contribution is -2.11.